The highest BCUT2D eigenvalue weighted by Gasteiger charge is 2.33. The topological polar surface area (TPSA) is 115 Å². The van der Waals surface area contributed by atoms with E-state index in [1.165, 1.54) is 25.7 Å². The number of pyridine rings is 2. The molecule has 2 heterocycles. The number of unbranched alkanes of at least 4 members (excludes halogenated alkanes) is 24. The zero-order chi connectivity index (χ0) is 67.2. The quantitative estimate of drug-likeness (QED) is 0.0210. The maximum absolute atomic E-state index is 16.4. The minimum atomic E-state index is -0.270. The average Bonchev–Trinajstić information content (AvgIpc) is 0.655. The van der Waals surface area contributed by atoms with Gasteiger partial charge in [0.1, 0.15) is 0 Å². The summed E-state index contributed by atoms with van der Waals surface area (Å²) in [5.74, 6) is 2.61. The summed E-state index contributed by atoms with van der Waals surface area (Å²) in [7, 11) is 0. The van der Waals surface area contributed by atoms with Crippen molar-refractivity contribution < 1.29 is 18.9 Å². The summed E-state index contributed by atoms with van der Waals surface area (Å²) in [6, 6.07) is 16.5. The molecule has 516 valence electrons. The van der Waals surface area contributed by atoms with Gasteiger partial charge in [0.2, 0.25) is 0 Å². The van der Waals surface area contributed by atoms with Crippen LogP contribution < -0.4 is 41.2 Å². The molecule has 10 heteroatoms. The van der Waals surface area contributed by atoms with E-state index >= 15 is 19.2 Å². The van der Waals surface area contributed by atoms with Crippen LogP contribution in [-0.4, -0.2) is 35.6 Å². The molecule has 0 radical (unpaired) electrons. The van der Waals surface area contributed by atoms with Gasteiger partial charge >= 0.3 is 0 Å². The zero-order valence-corrected chi connectivity index (χ0v) is 60.2. The molecule has 0 saturated carbocycles. The summed E-state index contributed by atoms with van der Waals surface area (Å²) < 4.78 is 31.0. The summed E-state index contributed by atoms with van der Waals surface area (Å²) in [4.78, 5) is 65.5. The summed E-state index contributed by atoms with van der Waals surface area (Å²) in [5, 5.41) is 16.1. The lowest BCUT2D eigenvalue weighted by Gasteiger charge is -2.28. The Labute approximate surface area is 570 Å². The first-order valence-corrected chi connectivity index (χ1v) is 39.1. The minimum absolute atomic E-state index is 0.233. The van der Waals surface area contributed by atoms with Gasteiger partial charge in [0.05, 0.1) is 26.4 Å². The monoisotopic (exact) mass is 1300 g/mol. The van der Waals surface area contributed by atoms with Crippen LogP contribution in [0.3, 0.4) is 0 Å². The van der Waals surface area contributed by atoms with Crippen molar-refractivity contribution in [3.63, 3.8) is 0 Å². The van der Waals surface area contributed by atoms with Crippen molar-refractivity contribution in [2.75, 3.05) is 26.4 Å². The fraction of sp³-hybridized carbons (Fsp3) is 0.581. The number of hydrogen-bond donors (Lipinski definition) is 0. The second kappa shape index (κ2) is 33.7. The van der Waals surface area contributed by atoms with Crippen molar-refractivity contribution in [2.24, 2.45) is 0 Å². The molecule has 0 fully saturated rings. The second-order valence-corrected chi connectivity index (χ2v) is 28.9. The van der Waals surface area contributed by atoms with Gasteiger partial charge in [0.25, 0.3) is 22.2 Å². The predicted molar refractivity (Wildman–Crippen MR) is 410 cm³/mol. The molecule has 9 aromatic carbocycles. The molecule has 0 bridgehead atoms. The van der Waals surface area contributed by atoms with Crippen molar-refractivity contribution in [1.29, 1.82) is 0 Å². The third kappa shape index (κ3) is 14.3. The molecule has 0 unspecified atom stereocenters. The van der Waals surface area contributed by atoms with E-state index < -0.39 is 0 Å². The maximum Gasteiger partial charge on any atom is 0.261 e. The normalized spacial score (nSPS) is 12.5. The Balaban J connectivity index is 1.33. The number of aromatic nitrogens is 2. The van der Waals surface area contributed by atoms with Gasteiger partial charge in [0.15, 0.2) is 23.0 Å². The molecule has 0 N–H and O–H groups in total. The average molecular weight is 1300 g/mol. The molecule has 0 aliphatic carbocycles. The maximum atomic E-state index is 16.4. The molecule has 11 rings (SSSR count). The van der Waals surface area contributed by atoms with E-state index in [-0.39, 0.29) is 34.3 Å². The molecule has 11 aromatic rings. The lowest BCUT2D eigenvalue weighted by atomic mass is 9.77. The number of nitrogens with zero attached hydrogens (tertiary/aromatic N) is 2. The van der Waals surface area contributed by atoms with Gasteiger partial charge in [-0.1, -0.05) is 235 Å². The number of hydrogen-bond acceptors (Lipinski definition) is 8. The number of ether oxygens (including phenoxy) is 4. The molecule has 96 heavy (non-hydrogen) atoms. The van der Waals surface area contributed by atoms with Crippen LogP contribution in [0.4, 0.5) is 0 Å². The number of benzene rings is 9. The molecule has 0 aliphatic rings. The van der Waals surface area contributed by atoms with Crippen molar-refractivity contribution in [2.45, 2.75) is 299 Å². The Morgan fingerprint density at radius 2 is 0.438 bits per heavy atom. The molecule has 0 atom stereocenters. The smallest absolute Gasteiger partial charge is 0.261 e. The largest absolute Gasteiger partial charge is 0.490 e. The highest BCUT2D eigenvalue weighted by Crippen LogP contribution is 2.57. The summed E-state index contributed by atoms with van der Waals surface area (Å²) in [6.07, 6.45) is 36.7. The lowest BCUT2D eigenvalue weighted by molar-refractivity contribution is 0.260. The van der Waals surface area contributed by atoms with E-state index in [0.717, 1.165) is 281 Å². The Morgan fingerprint density at radius 1 is 0.229 bits per heavy atom. The molecular formula is C86H114N2O8. The lowest BCUT2D eigenvalue weighted by Crippen LogP contribution is -2.37. The van der Waals surface area contributed by atoms with E-state index in [4.69, 9.17) is 18.9 Å². The molecular weight excluding hydrogens is 1190 g/mol. The summed E-state index contributed by atoms with van der Waals surface area (Å²) in [5.41, 5.74) is -0.932. The van der Waals surface area contributed by atoms with E-state index in [1.807, 2.05) is 0 Å². The first kappa shape index (κ1) is 70.6. The zero-order valence-electron chi connectivity index (χ0n) is 60.2. The minimum Gasteiger partial charge on any atom is -0.490 e. The fourth-order valence-electron chi connectivity index (χ4n) is 16.5. The molecule has 2 aromatic heterocycles. The Morgan fingerprint density at radius 3 is 0.656 bits per heavy atom. The van der Waals surface area contributed by atoms with Crippen molar-refractivity contribution in [1.82, 2.24) is 9.13 Å². The van der Waals surface area contributed by atoms with Crippen molar-refractivity contribution in [3.8, 4) is 23.0 Å². The SMILES string of the molecule is CCCCCCCC(CCCCCCC)n1c(=O)c2cc3c4cc(OCCCCC)c(OCCCCC)cc4c4cc5c(=O)n(C(CCCCCCC)CCCCCCC)c(=O)c6cc7c8cc(OCCCCC)c(OCCCCC)cc8c8cc(c1=O)c2c1c3c4c(c56)c7c81. The van der Waals surface area contributed by atoms with Crippen LogP contribution in [0.1, 0.15) is 299 Å². The predicted octanol–water partition coefficient (Wildman–Crippen LogP) is 24.3. The fourth-order valence-corrected chi connectivity index (χ4v) is 16.5. The standard InChI is InChI=1S/C86H114N2O8/c1-9-17-25-29-33-41-57(42-34-30-26-18-10-2)87-83(89)67-49-63-59-53-71(93-45-37-21-13-5)73(95-47-39-23-15-7)55-61(59)65-51-69-76-70(86(92)88(85(69)91)58(43-35-31-27-19-11-3)44-36-32-28-20-12-4)52-66-62-56-74(96-48-40-24-16-8)72(94-46-38-22-14-6)54-60(62)64-50-68(84(87)90)75(67)81-77(63)79(65)82(76)80(66)78(64)81/h49-58H,9-48H2,1-8H3. The van der Waals surface area contributed by atoms with E-state index in [1.54, 1.807) is 9.13 Å². The van der Waals surface area contributed by atoms with Gasteiger partial charge < -0.3 is 18.9 Å². The third-order valence-corrected chi connectivity index (χ3v) is 21.8. The highest BCUT2D eigenvalue weighted by molar-refractivity contribution is 6.54. The Kier molecular flexibility index (Phi) is 24.8. The van der Waals surface area contributed by atoms with Gasteiger partial charge in [-0.3, -0.25) is 28.3 Å². The summed E-state index contributed by atoms with van der Waals surface area (Å²) >= 11 is 0. The first-order valence-electron chi connectivity index (χ1n) is 39.1. The van der Waals surface area contributed by atoms with Gasteiger partial charge in [-0.25, -0.2) is 0 Å². The van der Waals surface area contributed by atoms with Crippen molar-refractivity contribution in [3.05, 3.63) is 89.9 Å². The van der Waals surface area contributed by atoms with E-state index in [9.17, 15) is 0 Å². The summed E-state index contributed by atoms with van der Waals surface area (Å²) in [6.45, 7) is 19.9. The van der Waals surface area contributed by atoms with Crippen LogP contribution in [-0.2, 0) is 0 Å². The van der Waals surface area contributed by atoms with Crippen LogP contribution in [0, 0.1) is 0 Å². The van der Waals surface area contributed by atoms with Gasteiger partial charge in [-0.2, -0.15) is 0 Å². The van der Waals surface area contributed by atoms with Gasteiger partial charge in [0, 0.05) is 55.2 Å². The highest BCUT2D eigenvalue weighted by atomic mass is 16.5. The molecule has 0 aliphatic heterocycles. The first-order chi connectivity index (χ1) is 47.1. The molecule has 0 amide bonds. The van der Waals surface area contributed by atoms with E-state index in [0.29, 0.717) is 81.7 Å². The third-order valence-electron chi connectivity index (χ3n) is 21.8. The molecule has 10 nitrogen and oxygen atoms in total. The Bertz CT molecular complexity index is 4000. The second-order valence-electron chi connectivity index (χ2n) is 28.9. The van der Waals surface area contributed by atoms with Crippen LogP contribution >= 0.6 is 0 Å². The van der Waals surface area contributed by atoms with Crippen molar-refractivity contribution >= 4 is 108 Å². The van der Waals surface area contributed by atoms with Crippen LogP contribution in [0.5, 0.6) is 23.0 Å². The molecule has 0 saturated heterocycles. The molecule has 0 spiro atoms. The number of rotatable bonds is 46. The van der Waals surface area contributed by atoms with Crippen LogP contribution in [0.15, 0.2) is 67.7 Å². The van der Waals surface area contributed by atoms with Gasteiger partial charge in [-0.15, -0.1) is 0 Å². The van der Waals surface area contributed by atoms with Crippen LogP contribution in [0.2, 0.25) is 0 Å². The van der Waals surface area contributed by atoms with E-state index in [2.05, 4.69) is 104 Å². The van der Waals surface area contributed by atoms with Crippen LogP contribution in [0.25, 0.3) is 108 Å². The Hall–Kier alpha value is -6.68. The van der Waals surface area contributed by atoms with Gasteiger partial charge in [-0.05, 0) is 165 Å². The number of fused-ring (bicyclic) bond motifs is 6.